The van der Waals surface area contributed by atoms with E-state index in [0.29, 0.717) is 36.4 Å². The lowest BCUT2D eigenvalue weighted by Crippen LogP contribution is -2.28. The van der Waals surface area contributed by atoms with Crippen LogP contribution in [0.3, 0.4) is 0 Å². The smallest absolute Gasteiger partial charge is 0.255 e. The maximum absolute atomic E-state index is 12.7. The van der Waals surface area contributed by atoms with Crippen molar-refractivity contribution in [1.29, 1.82) is 0 Å². The molecule has 0 aromatic heterocycles. The summed E-state index contributed by atoms with van der Waals surface area (Å²) in [4.78, 5) is 25.2. The fraction of sp³-hybridized carbons (Fsp3) is 0.364. The van der Waals surface area contributed by atoms with Gasteiger partial charge in [0.15, 0.2) is 0 Å². The molecule has 3 rings (SSSR count). The minimum atomic E-state index is -3.52. The molecule has 1 fully saturated rings. The van der Waals surface area contributed by atoms with Crippen LogP contribution in [0.15, 0.2) is 53.4 Å². The van der Waals surface area contributed by atoms with E-state index in [1.807, 2.05) is 6.92 Å². The Bertz CT molecular complexity index is 997. The summed E-state index contributed by atoms with van der Waals surface area (Å²) in [6.45, 7) is 3.68. The number of para-hydroxylation sites is 1. The Labute approximate surface area is 177 Å². The molecule has 1 aliphatic rings. The van der Waals surface area contributed by atoms with Crippen LogP contribution in [0.4, 0.5) is 5.69 Å². The topological polar surface area (TPSA) is 95.6 Å². The number of sulfonamides is 1. The highest BCUT2D eigenvalue weighted by Crippen LogP contribution is 2.22. The number of nitrogens with zero attached hydrogens (tertiary/aromatic N) is 1. The normalized spacial score (nSPS) is 14.4. The summed E-state index contributed by atoms with van der Waals surface area (Å²) in [6, 6.07) is 12.7. The van der Waals surface area contributed by atoms with E-state index in [4.69, 9.17) is 0 Å². The van der Waals surface area contributed by atoms with Crippen molar-refractivity contribution < 1.29 is 18.0 Å². The van der Waals surface area contributed by atoms with Crippen LogP contribution in [-0.2, 0) is 10.0 Å². The van der Waals surface area contributed by atoms with E-state index in [2.05, 4.69) is 10.6 Å². The molecule has 2 amide bonds. The van der Waals surface area contributed by atoms with Crippen molar-refractivity contribution in [2.75, 3.05) is 25.0 Å². The molecule has 2 aromatic rings. The molecule has 0 unspecified atom stereocenters. The molecule has 1 aliphatic heterocycles. The largest absolute Gasteiger partial charge is 0.352 e. The van der Waals surface area contributed by atoms with E-state index in [-0.39, 0.29) is 10.8 Å². The molecule has 0 atom stereocenters. The van der Waals surface area contributed by atoms with Gasteiger partial charge in [-0.25, -0.2) is 8.42 Å². The minimum Gasteiger partial charge on any atom is -0.352 e. The van der Waals surface area contributed by atoms with Crippen molar-refractivity contribution in [3.8, 4) is 0 Å². The summed E-state index contributed by atoms with van der Waals surface area (Å²) < 4.78 is 26.7. The summed E-state index contributed by atoms with van der Waals surface area (Å²) in [5.41, 5.74) is 1.11. The molecular formula is C22H27N3O4S. The van der Waals surface area contributed by atoms with Crippen molar-refractivity contribution in [3.63, 3.8) is 0 Å². The number of benzene rings is 2. The van der Waals surface area contributed by atoms with Gasteiger partial charge in [-0.05, 0) is 55.7 Å². The van der Waals surface area contributed by atoms with Crippen LogP contribution in [0.1, 0.15) is 53.3 Å². The Morgan fingerprint density at radius 1 is 0.967 bits per heavy atom. The lowest BCUT2D eigenvalue weighted by atomic mass is 10.1. The molecule has 8 heteroatoms. The highest BCUT2D eigenvalue weighted by atomic mass is 32.2. The zero-order valence-electron chi connectivity index (χ0n) is 17.1. The monoisotopic (exact) mass is 429 g/mol. The number of unbranched alkanes of at least 4 members (excludes halogenated alkanes) is 1. The first-order valence-corrected chi connectivity index (χ1v) is 11.7. The highest BCUT2D eigenvalue weighted by Gasteiger charge is 2.27. The molecule has 2 N–H and O–H groups in total. The third-order valence-electron chi connectivity index (χ3n) is 5.06. The Balaban J connectivity index is 1.72. The van der Waals surface area contributed by atoms with Crippen molar-refractivity contribution in [2.45, 2.75) is 37.5 Å². The molecule has 1 heterocycles. The minimum absolute atomic E-state index is 0.177. The van der Waals surface area contributed by atoms with Crippen LogP contribution in [0.5, 0.6) is 0 Å². The molecule has 0 radical (unpaired) electrons. The van der Waals surface area contributed by atoms with Gasteiger partial charge >= 0.3 is 0 Å². The summed E-state index contributed by atoms with van der Waals surface area (Å²) in [6.07, 6.45) is 3.59. The number of anilines is 1. The summed E-state index contributed by atoms with van der Waals surface area (Å²) >= 11 is 0. The van der Waals surface area contributed by atoms with Crippen LogP contribution in [0, 0.1) is 0 Å². The molecule has 1 saturated heterocycles. The number of amides is 2. The van der Waals surface area contributed by atoms with Gasteiger partial charge in [-0.15, -0.1) is 0 Å². The van der Waals surface area contributed by atoms with Crippen molar-refractivity contribution >= 4 is 27.5 Å². The quantitative estimate of drug-likeness (QED) is 0.630. The third kappa shape index (κ3) is 5.06. The predicted octanol–water partition coefficient (Wildman–Crippen LogP) is 3.25. The van der Waals surface area contributed by atoms with Gasteiger partial charge in [0.25, 0.3) is 11.8 Å². The zero-order chi connectivity index (χ0) is 21.6. The summed E-state index contributed by atoms with van der Waals surface area (Å²) in [7, 11) is -3.52. The maximum Gasteiger partial charge on any atom is 0.255 e. The van der Waals surface area contributed by atoms with E-state index in [1.165, 1.54) is 28.6 Å². The first kappa shape index (κ1) is 22.0. The van der Waals surface area contributed by atoms with E-state index in [9.17, 15) is 18.0 Å². The van der Waals surface area contributed by atoms with Crippen molar-refractivity contribution in [2.24, 2.45) is 0 Å². The second-order valence-electron chi connectivity index (χ2n) is 7.24. The van der Waals surface area contributed by atoms with E-state index >= 15 is 0 Å². The van der Waals surface area contributed by atoms with Crippen LogP contribution >= 0.6 is 0 Å². The van der Waals surface area contributed by atoms with Gasteiger partial charge in [0.2, 0.25) is 10.0 Å². The second-order valence-corrected chi connectivity index (χ2v) is 9.18. The average molecular weight is 430 g/mol. The molecular weight excluding hydrogens is 402 g/mol. The molecule has 2 aromatic carbocycles. The predicted molar refractivity (Wildman–Crippen MR) is 116 cm³/mol. The van der Waals surface area contributed by atoms with Gasteiger partial charge in [-0.2, -0.15) is 4.31 Å². The molecule has 0 spiro atoms. The standard InChI is InChI=1S/C22H27N3O4S/c1-2-3-14-23-22(27)19-8-4-5-9-20(19)24-21(26)17-10-12-18(13-11-17)30(28,29)25-15-6-7-16-25/h4-5,8-13H,2-3,6-7,14-16H2,1H3,(H,23,27)(H,24,26). The number of hydrogen-bond acceptors (Lipinski definition) is 4. The molecule has 7 nitrogen and oxygen atoms in total. The lowest BCUT2D eigenvalue weighted by molar-refractivity contribution is 0.0954. The lowest BCUT2D eigenvalue weighted by Gasteiger charge is -2.15. The van der Waals surface area contributed by atoms with E-state index < -0.39 is 15.9 Å². The Kier molecular flexibility index (Phi) is 7.23. The number of nitrogens with one attached hydrogen (secondary N) is 2. The SMILES string of the molecule is CCCCNC(=O)c1ccccc1NC(=O)c1ccc(S(=O)(=O)N2CCCC2)cc1. The van der Waals surface area contributed by atoms with Gasteiger partial charge < -0.3 is 10.6 Å². The molecule has 160 valence electrons. The van der Waals surface area contributed by atoms with Crippen molar-refractivity contribution in [1.82, 2.24) is 9.62 Å². The van der Waals surface area contributed by atoms with Crippen LogP contribution in [-0.4, -0.2) is 44.2 Å². The van der Waals surface area contributed by atoms with Crippen LogP contribution < -0.4 is 10.6 Å². The van der Waals surface area contributed by atoms with Crippen molar-refractivity contribution in [3.05, 3.63) is 59.7 Å². The Morgan fingerprint density at radius 3 is 2.30 bits per heavy atom. The fourth-order valence-corrected chi connectivity index (χ4v) is 4.83. The van der Waals surface area contributed by atoms with Gasteiger partial charge in [0.05, 0.1) is 16.1 Å². The Morgan fingerprint density at radius 2 is 1.63 bits per heavy atom. The van der Waals surface area contributed by atoms with Gasteiger partial charge in [-0.3, -0.25) is 9.59 Å². The van der Waals surface area contributed by atoms with Crippen LogP contribution in [0.2, 0.25) is 0 Å². The first-order valence-electron chi connectivity index (χ1n) is 10.2. The molecule has 0 bridgehead atoms. The Hall–Kier alpha value is -2.71. The first-order chi connectivity index (χ1) is 14.4. The molecule has 0 aliphatic carbocycles. The summed E-state index contributed by atoms with van der Waals surface area (Å²) in [5, 5.41) is 5.59. The van der Waals surface area contributed by atoms with E-state index in [0.717, 1.165) is 25.7 Å². The highest BCUT2D eigenvalue weighted by molar-refractivity contribution is 7.89. The third-order valence-corrected chi connectivity index (χ3v) is 6.97. The fourth-order valence-electron chi connectivity index (χ4n) is 3.31. The van der Waals surface area contributed by atoms with Crippen LogP contribution in [0.25, 0.3) is 0 Å². The second kappa shape index (κ2) is 9.86. The van der Waals surface area contributed by atoms with Gasteiger partial charge in [0, 0.05) is 25.2 Å². The molecule has 30 heavy (non-hydrogen) atoms. The van der Waals surface area contributed by atoms with Gasteiger partial charge in [0.1, 0.15) is 0 Å². The zero-order valence-corrected chi connectivity index (χ0v) is 17.9. The maximum atomic E-state index is 12.7. The number of hydrogen-bond donors (Lipinski definition) is 2. The average Bonchev–Trinajstić information content (AvgIpc) is 3.30. The van der Waals surface area contributed by atoms with E-state index in [1.54, 1.807) is 24.3 Å². The molecule has 0 saturated carbocycles. The number of carbonyl (C=O) groups is 2. The number of rotatable bonds is 8. The summed E-state index contributed by atoms with van der Waals surface area (Å²) in [5.74, 6) is -0.652. The number of carbonyl (C=O) groups excluding carboxylic acids is 2. The van der Waals surface area contributed by atoms with Gasteiger partial charge in [-0.1, -0.05) is 25.5 Å².